The lowest BCUT2D eigenvalue weighted by Crippen LogP contribution is -2.29. The van der Waals surface area contributed by atoms with Crippen LogP contribution in [0.15, 0.2) is 42.7 Å². The molecule has 0 saturated heterocycles. The van der Waals surface area contributed by atoms with E-state index in [0.29, 0.717) is 0 Å². The van der Waals surface area contributed by atoms with Gasteiger partial charge in [-0.05, 0) is 50.1 Å². The van der Waals surface area contributed by atoms with Gasteiger partial charge in [0, 0.05) is 48.2 Å². The number of H-pyrrole nitrogens is 1. The Morgan fingerprint density at radius 3 is 2.93 bits per heavy atom. The van der Waals surface area contributed by atoms with E-state index in [1.165, 1.54) is 0 Å². The number of anilines is 1. The molecule has 3 heterocycles. The molecule has 2 aromatic heterocycles. The van der Waals surface area contributed by atoms with E-state index in [-0.39, 0.29) is 12.8 Å². The molecule has 0 saturated carbocycles. The monoisotopic (exact) mass is 392 g/mol. The van der Waals surface area contributed by atoms with Crippen LogP contribution in [0, 0.1) is 6.92 Å². The molecule has 1 aliphatic heterocycles. The Bertz CT molecular complexity index is 1050. The Labute approximate surface area is 171 Å². The summed E-state index contributed by atoms with van der Waals surface area (Å²) in [5.41, 5.74) is 7.38. The average molecular weight is 393 g/mol. The number of fused-ring (bicyclic) bond motifs is 3. The number of aromatic amines is 1. The van der Waals surface area contributed by atoms with Gasteiger partial charge in [0.1, 0.15) is 5.65 Å². The van der Waals surface area contributed by atoms with Crippen LogP contribution in [0.3, 0.4) is 0 Å². The Hall–Kier alpha value is -2.83. The molecule has 3 N–H and O–H groups in total. The molecule has 29 heavy (non-hydrogen) atoms. The van der Waals surface area contributed by atoms with Crippen LogP contribution in [-0.4, -0.2) is 46.3 Å². The lowest BCUT2D eigenvalue weighted by Gasteiger charge is -2.33. The molecule has 0 aliphatic carbocycles. The SMILES string of the molecule is CCNc1cccc(C2=CN(C)C(OCC(C)O)c3[nH]c4ncc(C)cc4c32)c1. The first-order chi connectivity index (χ1) is 14.0. The summed E-state index contributed by atoms with van der Waals surface area (Å²) in [6, 6.07) is 10.6. The smallest absolute Gasteiger partial charge is 0.171 e. The second kappa shape index (κ2) is 7.89. The minimum Gasteiger partial charge on any atom is -0.391 e. The zero-order valence-electron chi connectivity index (χ0n) is 17.4. The minimum absolute atomic E-state index is 0.259. The molecule has 0 bridgehead atoms. The molecule has 0 radical (unpaired) electrons. The first-order valence-electron chi connectivity index (χ1n) is 10.0. The second-order valence-corrected chi connectivity index (χ2v) is 7.68. The summed E-state index contributed by atoms with van der Waals surface area (Å²) in [7, 11) is 1.99. The van der Waals surface area contributed by atoms with Crippen LogP contribution >= 0.6 is 0 Å². The molecule has 0 fully saturated rings. The summed E-state index contributed by atoms with van der Waals surface area (Å²) in [5, 5.41) is 14.2. The molecule has 152 valence electrons. The van der Waals surface area contributed by atoms with Gasteiger partial charge < -0.3 is 25.0 Å². The van der Waals surface area contributed by atoms with Crippen LogP contribution in [0.2, 0.25) is 0 Å². The molecule has 0 amide bonds. The zero-order valence-corrected chi connectivity index (χ0v) is 17.4. The molecule has 3 aromatic rings. The summed E-state index contributed by atoms with van der Waals surface area (Å²) in [6.45, 7) is 7.01. The van der Waals surface area contributed by atoms with Gasteiger partial charge in [0.05, 0.1) is 18.4 Å². The van der Waals surface area contributed by atoms with Crippen LogP contribution in [0.5, 0.6) is 0 Å². The van der Waals surface area contributed by atoms with E-state index >= 15 is 0 Å². The van der Waals surface area contributed by atoms with Crippen molar-refractivity contribution in [1.29, 1.82) is 0 Å². The number of ether oxygens (including phenoxy) is 1. The molecule has 6 nitrogen and oxygen atoms in total. The van der Waals surface area contributed by atoms with Crippen molar-refractivity contribution in [2.45, 2.75) is 33.1 Å². The Morgan fingerprint density at radius 1 is 1.34 bits per heavy atom. The number of pyridine rings is 1. The zero-order chi connectivity index (χ0) is 20.5. The van der Waals surface area contributed by atoms with Crippen molar-refractivity contribution in [2.24, 2.45) is 0 Å². The molecule has 4 rings (SSSR count). The van der Waals surface area contributed by atoms with E-state index in [2.05, 4.69) is 65.7 Å². The first-order valence-corrected chi connectivity index (χ1v) is 10.0. The number of aliphatic hydroxyl groups is 1. The van der Waals surface area contributed by atoms with Gasteiger partial charge in [-0.15, -0.1) is 0 Å². The third-order valence-electron chi connectivity index (χ3n) is 5.08. The van der Waals surface area contributed by atoms with Crippen molar-refractivity contribution in [2.75, 3.05) is 25.5 Å². The highest BCUT2D eigenvalue weighted by Crippen LogP contribution is 2.42. The van der Waals surface area contributed by atoms with E-state index in [4.69, 9.17) is 4.74 Å². The van der Waals surface area contributed by atoms with Gasteiger partial charge in [-0.3, -0.25) is 0 Å². The van der Waals surface area contributed by atoms with Gasteiger partial charge >= 0.3 is 0 Å². The quantitative estimate of drug-likeness (QED) is 0.591. The van der Waals surface area contributed by atoms with Crippen molar-refractivity contribution in [1.82, 2.24) is 14.9 Å². The number of rotatable bonds is 6. The lowest BCUT2D eigenvalue weighted by molar-refractivity contribution is -0.0639. The van der Waals surface area contributed by atoms with Gasteiger partial charge in [0.25, 0.3) is 0 Å². The predicted molar refractivity (Wildman–Crippen MR) is 117 cm³/mol. The van der Waals surface area contributed by atoms with Gasteiger partial charge in [-0.1, -0.05) is 12.1 Å². The van der Waals surface area contributed by atoms with Crippen molar-refractivity contribution >= 4 is 22.3 Å². The van der Waals surface area contributed by atoms with E-state index in [9.17, 15) is 5.11 Å². The van der Waals surface area contributed by atoms with E-state index in [1.54, 1.807) is 6.92 Å². The highest BCUT2D eigenvalue weighted by Gasteiger charge is 2.31. The number of nitrogens with one attached hydrogen (secondary N) is 2. The number of hydrogen-bond acceptors (Lipinski definition) is 5. The fourth-order valence-electron chi connectivity index (χ4n) is 3.86. The van der Waals surface area contributed by atoms with Gasteiger partial charge in [0.15, 0.2) is 6.23 Å². The third kappa shape index (κ3) is 3.73. The van der Waals surface area contributed by atoms with Crippen LogP contribution in [0.1, 0.15) is 42.5 Å². The highest BCUT2D eigenvalue weighted by atomic mass is 16.5. The van der Waals surface area contributed by atoms with Crippen molar-refractivity contribution in [3.63, 3.8) is 0 Å². The fourth-order valence-corrected chi connectivity index (χ4v) is 3.86. The first kappa shape index (κ1) is 19.5. The number of nitrogens with zero attached hydrogens (tertiary/aromatic N) is 2. The van der Waals surface area contributed by atoms with Crippen LogP contribution < -0.4 is 5.32 Å². The summed E-state index contributed by atoms with van der Waals surface area (Å²) in [5.74, 6) is 0. The second-order valence-electron chi connectivity index (χ2n) is 7.68. The van der Waals surface area contributed by atoms with Gasteiger partial charge in [-0.25, -0.2) is 4.98 Å². The third-order valence-corrected chi connectivity index (χ3v) is 5.08. The molecular formula is C23H28N4O2. The molecule has 2 unspecified atom stereocenters. The summed E-state index contributed by atoms with van der Waals surface area (Å²) in [4.78, 5) is 10.1. The molecule has 2 atom stereocenters. The Morgan fingerprint density at radius 2 is 2.17 bits per heavy atom. The normalized spacial score (nSPS) is 17.2. The summed E-state index contributed by atoms with van der Waals surface area (Å²) >= 11 is 0. The number of hydrogen-bond donors (Lipinski definition) is 3. The fraction of sp³-hybridized carbons (Fsp3) is 0.348. The van der Waals surface area contributed by atoms with Gasteiger partial charge in [0.2, 0.25) is 0 Å². The van der Waals surface area contributed by atoms with Crippen LogP contribution in [0.25, 0.3) is 16.6 Å². The molecule has 1 aromatic carbocycles. The standard InChI is InChI=1S/C23H28N4O2/c1-5-24-17-8-6-7-16(10-17)19-12-27(4)23(29-13-15(3)28)21-20(19)18-9-14(2)11-25-22(18)26-21/h6-12,15,23-24,28H,5,13H2,1-4H3,(H,25,26). The summed E-state index contributed by atoms with van der Waals surface area (Å²) < 4.78 is 6.05. The Kier molecular flexibility index (Phi) is 5.30. The lowest BCUT2D eigenvalue weighted by atomic mass is 9.93. The molecule has 1 aliphatic rings. The topological polar surface area (TPSA) is 73.4 Å². The van der Waals surface area contributed by atoms with Gasteiger partial charge in [-0.2, -0.15) is 0 Å². The maximum atomic E-state index is 9.72. The number of aromatic nitrogens is 2. The maximum absolute atomic E-state index is 9.72. The number of aryl methyl sites for hydroxylation is 1. The van der Waals surface area contributed by atoms with Crippen LogP contribution in [0.4, 0.5) is 5.69 Å². The van der Waals surface area contributed by atoms with Crippen molar-refractivity contribution < 1.29 is 9.84 Å². The Balaban J connectivity index is 1.88. The van der Waals surface area contributed by atoms with E-state index in [0.717, 1.165) is 51.2 Å². The predicted octanol–water partition coefficient (Wildman–Crippen LogP) is 4.03. The molecule has 0 spiro atoms. The average Bonchev–Trinajstić information content (AvgIpc) is 3.05. The minimum atomic E-state index is -0.529. The summed E-state index contributed by atoms with van der Waals surface area (Å²) in [6.07, 6.45) is 3.15. The maximum Gasteiger partial charge on any atom is 0.171 e. The van der Waals surface area contributed by atoms with E-state index in [1.807, 2.05) is 18.1 Å². The number of aliphatic hydroxyl groups excluding tert-OH is 1. The highest BCUT2D eigenvalue weighted by molar-refractivity contribution is 5.98. The van der Waals surface area contributed by atoms with E-state index < -0.39 is 6.10 Å². The molecule has 6 heteroatoms. The van der Waals surface area contributed by atoms with Crippen LogP contribution in [-0.2, 0) is 4.74 Å². The number of benzene rings is 1. The van der Waals surface area contributed by atoms with Crippen molar-refractivity contribution in [3.8, 4) is 0 Å². The van der Waals surface area contributed by atoms with Crippen molar-refractivity contribution in [3.05, 3.63) is 65.1 Å². The largest absolute Gasteiger partial charge is 0.391 e. The molecular weight excluding hydrogens is 364 g/mol.